The third-order valence-corrected chi connectivity index (χ3v) is 6.28. The Kier molecular flexibility index (Phi) is 6.51. The van der Waals surface area contributed by atoms with Crippen molar-refractivity contribution in [2.45, 2.75) is 29.7 Å². The number of carbonyl (C=O) groups is 2. The number of aromatic nitrogens is 3. The predicted molar refractivity (Wildman–Crippen MR) is 120 cm³/mol. The molecule has 4 rings (SSSR count). The zero-order valence-corrected chi connectivity index (χ0v) is 17.8. The molecule has 1 aliphatic heterocycles. The van der Waals surface area contributed by atoms with Crippen molar-refractivity contribution < 1.29 is 9.59 Å². The maximum atomic E-state index is 12.8. The number of nitrogens with two attached hydrogens (primary N) is 1. The standard InChI is InChI=1S/C22H24N6O2S/c23-20(30)24-19(29)18(16-10-4-1-5-11-16)31-22-26-25-21(27-14-8-3-9-15-27)28(22)17-12-6-2-7-13-17/h1-2,4-7,10-13,18H,3,8-9,14-15H2,(H3,23,24,29,30)/t18-/m1/s1. The van der Waals surface area contributed by atoms with Crippen molar-refractivity contribution in [3.05, 3.63) is 66.2 Å². The van der Waals surface area contributed by atoms with Gasteiger partial charge in [-0.25, -0.2) is 4.79 Å². The first-order valence-electron chi connectivity index (χ1n) is 10.2. The molecule has 2 aromatic carbocycles. The Morgan fingerprint density at radius 2 is 1.58 bits per heavy atom. The van der Waals surface area contributed by atoms with Crippen LogP contribution < -0.4 is 16.0 Å². The lowest BCUT2D eigenvalue weighted by Gasteiger charge is -2.28. The number of benzene rings is 2. The maximum absolute atomic E-state index is 12.8. The number of para-hydroxylation sites is 1. The Bertz CT molecular complexity index is 1030. The number of primary amides is 1. The fourth-order valence-corrected chi connectivity index (χ4v) is 4.68. The number of carbonyl (C=O) groups excluding carboxylic acids is 2. The topological polar surface area (TPSA) is 106 Å². The van der Waals surface area contributed by atoms with Crippen molar-refractivity contribution in [1.82, 2.24) is 20.1 Å². The van der Waals surface area contributed by atoms with Crippen LogP contribution in [0.15, 0.2) is 65.8 Å². The molecule has 0 aliphatic carbocycles. The second kappa shape index (κ2) is 9.65. The fraction of sp³-hybridized carbons (Fsp3) is 0.273. The highest BCUT2D eigenvalue weighted by Gasteiger charge is 2.28. The Morgan fingerprint density at radius 3 is 2.23 bits per heavy atom. The first kappa shape index (κ1) is 20.9. The van der Waals surface area contributed by atoms with Crippen LogP contribution in [0, 0.1) is 0 Å². The second-order valence-electron chi connectivity index (χ2n) is 7.26. The van der Waals surface area contributed by atoms with E-state index >= 15 is 0 Å². The minimum absolute atomic E-state index is 0.495. The monoisotopic (exact) mass is 436 g/mol. The summed E-state index contributed by atoms with van der Waals surface area (Å²) in [6, 6.07) is 18.2. The number of piperidine rings is 1. The molecular formula is C22H24N6O2S. The molecule has 160 valence electrons. The number of rotatable bonds is 6. The van der Waals surface area contributed by atoms with Crippen molar-refractivity contribution in [2.24, 2.45) is 5.73 Å². The maximum Gasteiger partial charge on any atom is 0.318 e. The number of hydrogen-bond donors (Lipinski definition) is 2. The Labute approximate surface area is 184 Å². The zero-order valence-electron chi connectivity index (χ0n) is 17.0. The molecule has 1 fully saturated rings. The summed E-state index contributed by atoms with van der Waals surface area (Å²) in [5.41, 5.74) is 6.86. The van der Waals surface area contributed by atoms with Gasteiger partial charge in [-0.05, 0) is 37.0 Å². The SMILES string of the molecule is NC(=O)NC(=O)[C@H](Sc1nnc(N2CCCCC2)n1-c1ccccc1)c1ccccc1. The van der Waals surface area contributed by atoms with Gasteiger partial charge in [0.25, 0.3) is 0 Å². The second-order valence-corrected chi connectivity index (χ2v) is 8.34. The van der Waals surface area contributed by atoms with Crippen molar-refractivity contribution in [2.75, 3.05) is 18.0 Å². The van der Waals surface area contributed by atoms with Crippen LogP contribution in [-0.2, 0) is 4.79 Å². The largest absolute Gasteiger partial charge is 0.351 e. The van der Waals surface area contributed by atoms with Crippen LogP contribution in [0.25, 0.3) is 5.69 Å². The van der Waals surface area contributed by atoms with Gasteiger partial charge in [0.1, 0.15) is 5.25 Å². The lowest BCUT2D eigenvalue weighted by Crippen LogP contribution is -2.37. The van der Waals surface area contributed by atoms with Gasteiger partial charge in [0.05, 0.1) is 5.69 Å². The molecule has 0 unspecified atom stereocenters. The molecule has 1 saturated heterocycles. The predicted octanol–water partition coefficient (Wildman–Crippen LogP) is 3.29. The average Bonchev–Trinajstić information content (AvgIpc) is 3.22. The summed E-state index contributed by atoms with van der Waals surface area (Å²) in [5, 5.41) is 11.0. The van der Waals surface area contributed by atoms with Gasteiger partial charge in [-0.3, -0.25) is 14.7 Å². The number of amides is 3. The number of anilines is 1. The highest BCUT2D eigenvalue weighted by molar-refractivity contribution is 8.00. The van der Waals surface area contributed by atoms with E-state index in [4.69, 9.17) is 5.73 Å². The van der Waals surface area contributed by atoms with Gasteiger partial charge in [-0.2, -0.15) is 0 Å². The molecule has 31 heavy (non-hydrogen) atoms. The molecule has 3 N–H and O–H groups in total. The van der Waals surface area contributed by atoms with E-state index in [1.54, 1.807) is 0 Å². The molecule has 0 saturated carbocycles. The summed E-state index contributed by atoms with van der Waals surface area (Å²) in [5.74, 6) is 0.265. The molecule has 1 atom stereocenters. The number of imide groups is 1. The van der Waals surface area contributed by atoms with Crippen molar-refractivity contribution >= 4 is 29.6 Å². The van der Waals surface area contributed by atoms with E-state index in [0.29, 0.717) is 5.16 Å². The highest BCUT2D eigenvalue weighted by Crippen LogP contribution is 2.37. The fourth-order valence-electron chi connectivity index (χ4n) is 3.63. The van der Waals surface area contributed by atoms with Crippen LogP contribution in [0.2, 0.25) is 0 Å². The summed E-state index contributed by atoms with van der Waals surface area (Å²) in [4.78, 5) is 26.4. The normalized spacial score (nSPS) is 14.8. The lowest BCUT2D eigenvalue weighted by molar-refractivity contribution is -0.119. The van der Waals surface area contributed by atoms with Gasteiger partial charge in [0.2, 0.25) is 11.9 Å². The van der Waals surface area contributed by atoms with Crippen molar-refractivity contribution in [1.29, 1.82) is 0 Å². The summed E-state index contributed by atoms with van der Waals surface area (Å²) in [7, 11) is 0. The molecule has 0 radical (unpaired) electrons. The van der Waals surface area contributed by atoms with Gasteiger partial charge in [-0.1, -0.05) is 60.3 Å². The molecule has 0 bridgehead atoms. The molecule has 3 amide bonds. The third kappa shape index (κ3) is 4.88. The number of nitrogens with one attached hydrogen (secondary N) is 1. The Morgan fingerprint density at radius 1 is 0.935 bits per heavy atom. The summed E-state index contributed by atoms with van der Waals surface area (Å²) in [6.07, 6.45) is 3.43. The molecule has 1 aromatic heterocycles. The summed E-state index contributed by atoms with van der Waals surface area (Å²) in [6.45, 7) is 1.83. The Hall–Kier alpha value is -3.33. The highest BCUT2D eigenvalue weighted by atomic mass is 32.2. The van der Waals surface area contributed by atoms with Crippen molar-refractivity contribution in [3.63, 3.8) is 0 Å². The van der Waals surface area contributed by atoms with Gasteiger partial charge >= 0.3 is 6.03 Å². The summed E-state index contributed by atoms with van der Waals surface area (Å²) >= 11 is 1.24. The minimum Gasteiger partial charge on any atom is -0.351 e. The molecule has 8 nitrogen and oxygen atoms in total. The molecule has 9 heteroatoms. The lowest BCUT2D eigenvalue weighted by atomic mass is 10.1. The van der Waals surface area contributed by atoms with E-state index in [-0.39, 0.29) is 0 Å². The van der Waals surface area contributed by atoms with Crippen LogP contribution in [0.3, 0.4) is 0 Å². The van der Waals surface area contributed by atoms with Crippen LogP contribution >= 0.6 is 11.8 Å². The first-order chi connectivity index (χ1) is 15.1. The van der Waals surface area contributed by atoms with Crippen LogP contribution in [0.1, 0.15) is 30.1 Å². The first-order valence-corrected chi connectivity index (χ1v) is 11.1. The van der Waals surface area contributed by atoms with Gasteiger partial charge in [0, 0.05) is 13.1 Å². The molecular weight excluding hydrogens is 412 g/mol. The van der Waals surface area contributed by atoms with E-state index in [1.165, 1.54) is 18.2 Å². The van der Waals surface area contributed by atoms with Gasteiger partial charge in [0.15, 0.2) is 5.16 Å². The van der Waals surface area contributed by atoms with Crippen molar-refractivity contribution in [3.8, 4) is 5.69 Å². The smallest absolute Gasteiger partial charge is 0.318 e. The van der Waals surface area contributed by atoms with E-state index < -0.39 is 17.2 Å². The van der Waals surface area contributed by atoms with Crippen LogP contribution in [-0.4, -0.2) is 39.8 Å². The molecule has 1 aliphatic rings. The molecule has 2 heterocycles. The van der Waals surface area contributed by atoms with E-state index in [9.17, 15) is 9.59 Å². The zero-order chi connectivity index (χ0) is 21.6. The molecule has 0 spiro atoms. The number of nitrogens with zero attached hydrogens (tertiary/aromatic N) is 4. The van der Waals surface area contributed by atoms with Gasteiger partial charge < -0.3 is 10.6 Å². The number of urea groups is 1. The average molecular weight is 437 g/mol. The van der Waals surface area contributed by atoms with Crippen LogP contribution in [0.4, 0.5) is 10.7 Å². The van der Waals surface area contributed by atoms with E-state index in [1.807, 2.05) is 65.2 Å². The van der Waals surface area contributed by atoms with Gasteiger partial charge in [-0.15, -0.1) is 10.2 Å². The molecule has 3 aromatic rings. The number of hydrogen-bond acceptors (Lipinski definition) is 6. The van der Waals surface area contributed by atoms with E-state index in [2.05, 4.69) is 20.4 Å². The third-order valence-electron chi connectivity index (χ3n) is 5.08. The quantitative estimate of drug-likeness (QED) is 0.575. The van der Waals surface area contributed by atoms with E-state index in [0.717, 1.165) is 43.1 Å². The Balaban J connectivity index is 1.74. The van der Waals surface area contributed by atoms with Crippen LogP contribution in [0.5, 0.6) is 0 Å². The minimum atomic E-state index is -0.884. The number of thioether (sulfide) groups is 1. The summed E-state index contributed by atoms with van der Waals surface area (Å²) < 4.78 is 1.98.